The molecule has 2 N–H and O–H groups in total. The van der Waals surface area contributed by atoms with Gasteiger partial charge in [-0.15, -0.1) is 11.3 Å². The third-order valence-electron chi connectivity index (χ3n) is 2.57. The molecule has 1 aromatic carbocycles. The van der Waals surface area contributed by atoms with Crippen LogP contribution >= 0.6 is 34.5 Å². The Bertz CT molecular complexity index is 741. The summed E-state index contributed by atoms with van der Waals surface area (Å²) in [6.07, 6.45) is 0. The summed E-state index contributed by atoms with van der Waals surface area (Å²) in [4.78, 5) is 0. The number of thiophene rings is 1. The molecule has 0 aliphatic carbocycles. The quantitative estimate of drug-likeness (QED) is 0.883. The first-order chi connectivity index (χ1) is 9.33. The predicted molar refractivity (Wildman–Crippen MR) is 82.2 cm³/mol. The maximum Gasteiger partial charge on any atom is 0.271 e. The lowest BCUT2D eigenvalue weighted by Crippen LogP contribution is -2.12. The molecule has 0 radical (unpaired) electrons. The summed E-state index contributed by atoms with van der Waals surface area (Å²) < 4.78 is 26.9. The molecule has 0 unspecified atom stereocenters. The van der Waals surface area contributed by atoms with Gasteiger partial charge in [-0.1, -0.05) is 23.2 Å². The lowest BCUT2D eigenvalue weighted by atomic mass is 10.2. The minimum absolute atomic E-state index is 0.106. The summed E-state index contributed by atoms with van der Waals surface area (Å²) in [5.41, 5.74) is 1.53. The highest BCUT2D eigenvalue weighted by molar-refractivity contribution is 7.94. The first kappa shape index (κ1) is 15.6. The van der Waals surface area contributed by atoms with Crippen LogP contribution in [0.4, 0.5) is 5.69 Å². The van der Waals surface area contributed by atoms with E-state index >= 15 is 0 Å². The van der Waals surface area contributed by atoms with Crippen molar-refractivity contribution in [2.24, 2.45) is 0 Å². The standard InChI is InChI=1S/C12H11Cl2NO3S2/c1-7-2-10(14)11(4-9(7)13)15-20(17,18)12-3-8(5-16)6-19-12/h2-4,6,15-16H,5H2,1H3. The fourth-order valence-electron chi connectivity index (χ4n) is 1.50. The van der Waals surface area contributed by atoms with Crippen LogP contribution in [0.25, 0.3) is 0 Å². The van der Waals surface area contributed by atoms with E-state index in [1.54, 1.807) is 18.4 Å². The van der Waals surface area contributed by atoms with Gasteiger partial charge in [0.25, 0.3) is 10.0 Å². The number of hydrogen-bond donors (Lipinski definition) is 2. The van der Waals surface area contributed by atoms with Gasteiger partial charge in [0, 0.05) is 5.02 Å². The molecule has 2 rings (SSSR count). The summed E-state index contributed by atoms with van der Waals surface area (Å²) in [6.45, 7) is 1.57. The van der Waals surface area contributed by atoms with Crippen molar-refractivity contribution in [2.75, 3.05) is 4.72 Å². The van der Waals surface area contributed by atoms with Crippen molar-refractivity contribution in [2.45, 2.75) is 17.7 Å². The first-order valence-corrected chi connectivity index (χ1v) is 8.62. The molecule has 8 heteroatoms. The highest BCUT2D eigenvalue weighted by Gasteiger charge is 2.18. The van der Waals surface area contributed by atoms with E-state index in [4.69, 9.17) is 28.3 Å². The van der Waals surface area contributed by atoms with E-state index in [9.17, 15) is 8.42 Å². The average molecular weight is 352 g/mol. The van der Waals surface area contributed by atoms with Crippen molar-refractivity contribution in [3.8, 4) is 0 Å². The van der Waals surface area contributed by atoms with E-state index in [-0.39, 0.29) is 21.5 Å². The van der Waals surface area contributed by atoms with Gasteiger partial charge in [0.1, 0.15) is 4.21 Å². The second-order valence-corrected chi connectivity index (χ2v) is 7.75. The molecule has 0 fully saturated rings. The van der Waals surface area contributed by atoms with Gasteiger partial charge in [0.2, 0.25) is 0 Å². The molecule has 0 saturated heterocycles. The molecule has 4 nitrogen and oxygen atoms in total. The minimum atomic E-state index is -3.74. The van der Waals surface area contributed by atoms with E-state index in [0.29, 0.717) is 10.6 Å². The van der Waals surface area contributed by atoms with Crippen LogP contribution in [-0.2, 0) is 16.6 Å². The van der Waals surface area contributed by atoms with Gasteiger partial charge in [-0.25, -0.2) is 8.42 Å². The maximum atomic E-state index is 12.2. The van der Waals surface area contributed by atoms with Crippen molar-refractivity contribution in [3.05, 3.63) is 44.8 Å². The van der Waals surface area contributed by atoms with Crippen molar-refractivity contribution >= 4 is 50.2 Å². The number of aliphatic hydroxyl groups is 1. The monoisotopic (exact) mass is 351 g/mol. The molecule has 0 aliphatic heterocycles. The van der Waals surface area contributed by atoms with Gasteiger partial charge in [-0.05, 0) is 41.6 Å². The molecule has 0 bridgehead atoms. The van der Waals surface area contributed by atoms with E-state index in [0.717, 1.165) is 16.9 Å². The Morgan fingerprint density at radius 1 is 1.25 bits per heavy atom. The molecule has 2 aromatic rings. The van der Waals surface area contributed by atoms with Gasteiger partial charge in [0.05, 0.1) is 17.3 Å². The Hall–Kier alpha value is -0.790. The fourth-order valence-corrected chi connectivity index (χ4v) is 4.25. The third-order valence-corrected chi connectivity index (χ3v) is 6.14. The molecule has 0 saturated carbocycles. The Morgan fingerprint density at radius 2 is 1.95 bits per heavy atom. The molecular formula is C12H11Cl2NO3S2. The molecule has 0 atom stereocenters. The van der Waals surface area contributed by atoms with Crippen LogP contribution < -0.4 is 4.72 Å². The molecule has 20 heavy (non-hydrogen) atoms. The average Bonchev–Trinajstić information content (AvgIpc) is 2.85. The number of benzene rings is 1. The van der Waals surface area contributed by atoms with Crippen LogP contribution in [0.2, 0.25) is 10.0 Å². The van der Waals surface area contributed by atoms with Crippen LogP contribution in [0.3, 0.4) is 0 Å². The molecule has 1 aromatic heterocycles. The van der Waals surface area contributed by atoms with Crippen LogP contribution in [0.1, 0.15) is 11.1 Å². The van der Waals surface area contributed by atoms with Gasteiger partial charge < -0.3 is 5.11 Å². The number of aliphatic hydroxyl groups excluding tert-OH is 1. The smallest absolute Gasteiger partial charge is 0.271 e. The number of sulfonamides is 1. The first-order valence-electron chi connectivity index (χ1n) is 5.50. The lowest BCUT2D eigenvalue weighted by Gasteiger charge is -2.10. The second-order valence-electron chi connectivity index (χ2n) is 4.12. The summed E-state index contributed by atoms with van der Waals surface area (Å²) >= 11 is 13.0. The number of rotatable bonds is 4. The van der Waals surface area contributed by atoms with E-state index < -0.39 is 10.0 Å². The van der Waals surface area contributed by atoms with Crippen molar-refractivity contribution in [3.63, 3.8) is 0 Å². The predicted octanol–water partition coefficient (Wildman–Crippen LogP) is 3.66. The van der Waals surface area contributed by atoms with E-state index in [2.05, 4.69) is 4.72 Å². The normalized spacial score (nSPS) is 11.6. The van der Waals surface area contributed by atoms with Gasteiger partial charge in [-0.2, -0.15) is 0 Å². The van der Waals surface area contributed by atoms with Crippen LogP contribution in [-0.4, -0.2) is 13.5 Å². The fraction of sp³-hybridized carbons (Fsp3) is 0.167. The van der Waals surface area contributed by atoms with Crippen LogP contribution in [0, 0.1) is 6.92 Å². The molecule has 108 valence electrons. The van der Waals surface area contributed by atoms with E-state index in [1.165, 1.54) is 12.1 Å². The van der Waals surface area contributed by atoms with Crippen molar-refractivity contribution in [1.82, 2.24) is 0 Å². The summed E-state index contributed by atoms with van der Waals surface area (Å²) in [5, 5.41) is 11.2. The van der Waals surface area contributed by atoms with Crippen LogP contribution in [0.5, 0.6) is 0 Å². The molecule has 0 spiro atoms. The van der Waals surface area contributed by atoms with E-state index in [1.807, 2.05) is 0 Å². The summed E-state index contributed by atoms with van der Waals surface area (Å²) in [6, 6.07) is 4.48. The van der Waals surface area contributed by atoms with Crippen LogP contribution in [0.15, 0.2) is 27.8 Å². The molecular weight excluding hydrogens is 341 g/mol. The van der Waals surface area contributed by atoms with Gasteiger partial charge in [-0.3, -0.25) is 4.72 Å². The number of aryl methyl sites for hydroxylation is 1. The molecule has 1 heterocycles. The zero-order valence-corrected chi connectivity index (χ0v) is 13.5. The lowest BCUT2D eigenvalue weighted by molar-refractivity contribution is 0.282. The zero-order chi connectivity index (χ0) is 14.9. The van der Waals surface area contributed by atoms with Crippen molar-refractivity contribution < 1.29 is 13.5 Å². The topological polar surface area (TPSA) is 66.4 Å². The maximum absolute atomic E-state index is 12.2. The third kappa shape index (κ3) is 3.27. The Kier molecular flexibility index (Phi) is 4.61. The SMILES string of the molecule is Cc1cc(Cl)c(NS(=O)(=O)c2cc(CO)cs2)cc1Cl. The van der Waals surface area contributed by atoms with Crippen molar-refractivity contribution in [1.29, 1.82) is 0 Å². The number of anilines is 1. The number of nitrogens with one attached hydrogen (secondary N) is 1. The Balaban J connectivity index is 2.35. The second kappa shape index (κ2) is 5.91. The largest absolute Gasteiger partial charge is 0.392 e. The number of halogens is 2. The van der Waals surface area contributed by atoms with Gasteiger partial charge >= 0.3 is 0 Å². The van der Waals surface area contributed by atoms with Gasteiger partial charge in [0.15, 0.2) is 0 Å². The highest BCUT2D eigenvalue weighted by atomic mass is 35.5. The molecule has 0 amide bonds. The highest BCUT2D eigenvalue weighted by Crippen LogP contribution is 2.31. The zero-order valence-electron chi connectivity index (χ0n) is 10.4. The molecule has 0 aliphatic rings. The Morgan fingerprint density at radius 3 is 2.55 bits per heavy atom. The minimum Gasteiger partial charge on any atom is -0.392 e. The summed E-state index contributed by atoms with van der Waals surface area (Å²) in [7, 11) is -3.74. The number of hydrogen-bond acceptors (Lipinski definition) is 4. The summed E-state index contributed by atoms with van der Waals surface area (Å²) in [5.74, 6) is 0. The Labute approximate surface area is 131 Å².